The van der Waals surface area contributed by atoms with Crippen LogP contribution in [-0.2, 0) is 16.3 Å². The third kappa shape index (κ3) is 9.96. The van der Waals surface area contributed by atoms with E-state index in [2.05, 4.69) is 34.7 Å². The van der Waals surface area contributed by atoms with Crippen LogP contribution in [0.3, 0.4) is 0 Å². The first kappa shape index (κ1) is 21.3. The average molecular weight is 370 g/mol. The first-order valence-corrected chi connectivity index (χ1v) is 10.8. The van der Waals surface area contributed by atoms with Gasteiger partial charge in [-0.05, 0) is 43.9 Å². The van der Waals surface area contributed by atoms with Gasteiger partial charge < -0.3 is 15.4 Å². The van der Waals surface area contributed by atoms with Crippen molar-refractivity contribution in [2.75, 3.05) is 32.2 Å². The third-order valence-corrected chi connectivity index (χ3v) is 4.58. The normalized spacial score (nSPS) is 13.4. The highest BCUT2D eigenvalue weighted by Gasteiger charge is 2.09. The Kier molecular flexibility index (Phi) is 9.34. The first-order chi connectivity index (χ1) is 11.8. The minimum absolute atomic E-state index is 0.0340. The quantitative estimate of drug-likeness (QED) is 0.487. The van der Waals surface area contributed by atoms with Gasteiger partial charge in [-0.1, -0.05) is 19.1 Å². The molecule has 142 valence electrons. The van der Waals surface area contributed by atoms with Crippen molar-refractivity contribution in [3.8, 4) is 5.75 Å². The fourth-order valence-electron chi connectivity index (χ4n) is 2.23. The molecule has 7 heteroatoms. The van der Waals surface area contributed by atoms with Crippen LogP contribution in [0.5, 0.6) is 5.75 Å². The average Bonchev–Trinajstić information content (AvgIpc) is 2.57. The molecule has 1 rings (SSSR count). The van der Waals surface area contributed by atoms with Crippen molar-refractivity contribution in [3.05, 3.63) is 29.8 Å². The van der Waals surface area contributed by atoms with Crippen molar-refractivity contribution in [2.45, 2.75) is 39.2 Å². The van der Waals surface area contributed by atoms with Crippen molar-refractivity contribution in [2.24, 2.45) is 4.99 Å². The number of hydrogen-bond donors (Lipinski definition) is 2. The van der Waals surface area contributed by atoms with Gasteiger partial charge in [0.2, 0.25) is 0 Å². The van der Waals surface area contributed by atoms with Crippen LogP contribution in [0.1, 0.15) is 32.3 Å². The highest BCUT2D eigenvalue weighted by Crippen LogP contribution is 2.13. The van der Waals surface area contributed by atoms with Crippen molar-refractivity contribution >= 4 is 15.8 Å². The number of sulfone groups is 1. The van der Waals surface area contributed by atoms with Gasteiger partial charge in [0.25, 0.3) is 0 Å². The molecule has 0 bridgehead atoms. The molecule has 6 nitrogen and oxygen atoms in total. The van der Waals surface area contributed by atoms with E-state index < -0.39 is 9.84 Å². The number of aliphatic imine (C=N–C) groups is 1. The summed E-state index contributed by atoms with van der Waals surface area (Å²) in [5.74, 6) is 1.75. The number of rotatable bonds is 10. The number of nitrogens with one attached hydrogen (secondary N) is 2. The van der Waals surface area contributed by atoms with Gasteiger partial charge >= 0.3 is 0 Å². The Bertz CT molecular complexity index is 645. The van der Waals surface area contributed by atoms with E-state index >= 15 is 0 Å². The van der Waals surface area contributed by atoms with Crippen LogP contribution in [0.2, 0.25) is 0 Å². The van der Waals surface area contributed by atoms with Crippen molar-refractivity contribution in [3.63, 3.8) is 0 Å². The molecule has 1 aromatic rings. The van der Waals surface area contributed by atoms with Gasteiger partial charge in [0.05, 0.1) is 12.4 Å². The second-order valence-electron chi connectivity index (χ2n) is 6.21. The molecule has 25 heavy (non-hydrogen) atoms. The van der Waals surface area contributed by atoms with Crippen LogP contribution < -0.4 is 15.4 Å². The molecular weight excluding hydrogens is 338 g/mol. The molecular formula is C18H31N3O3S. The summed E-state index contributed by atoms with van der Waals surface area (Å²) in [5, 5.41) is 6.47. The van der Waals surface area contributed by atoms with Gasteiger partial charge in [0.1, 0.15) is 15.6 Å². The monoisotopic (exact) mass is 369 g/mol. The molecule has 0 spiro atoms. The lowest BCUT2D eigenvalue weighted by Gasteiger charge is -2.17. The summed E-state index contributed by atoms with van der Waals surface area (Å²) < 4.78 is 28.1. The zero-order valence-electron chi connectivity index (χ0n) is 15.7. The molecule has 0 aliphatic rings. The Morgan fingerprint density at radius 1 is 1.36 bits per heavy atom. The third-order valence-electron chi connectivity index (χ3n) is 3.61. The Hall–Kier alpha value is -1.76. The van der Waals surface area contributed by atoms with Crippen LogP contribution in [-0.4, -0.2) is 52.6 Å². The van der Waals surface area contributed by atoms with Gasteiger partial charge in [-0.2, -0.15) is 0 Å². The van der Waals surface area contributed by atoms with Crippen molar-refractivity contribution < 1.29 is 13.2 Å². The van der Waals surface area contributed by atoms with Gasteiger partial charge in [0.15, 0.2) is 5.96 Å². The number of guanidine groups is 1. The highest BCUT2D eigenvalue weighted by atomic mass is 32.2. The largest absolute Gasteiger partial charge is 0.494 e. The lowest BCUT2D eigenvalue weighted by atomic mass is 10.1. The molecule has 1 unspecified atom stereocenters. The van der Waals surface area contributed by atoms with Crippen LogP contribution in [0.4, 0.5) is 0 Å². The molecule has 0 aliphatic heterocycles. The number of nitrogens with zero attached hydrogens (tertiary/aromatic N) is 1. The SMILES string of the molecule is CCCOc1cccc(CCNC(=NC)NC(C)CCS(C)(=O)=O)c1. The molecule has 0 heterocycles. The highest BCUT2D eigenvalue weighted by molar-refractivity contribution is 7.90. The van der Waals surface area contributed by atoms with E-state index in [4.69, 9.17) is 4.74 Å². The summed E-state index contributed by atoms with van der Waals surface area (Å²) in [4.78, 5) is 4.18. The molecule has 0 aromatic heterocycles. The summed E-state index contributed by atoms with van der Waals surface area (Å²) in [6.07, 6.45) is 3.65. The van der Waals surface area contributed by atoms with E-state index in [9.17, 15) is 8.42 Å². The van der Waals surface area contributed by atoms with E-state index in [-0.39, 0.29) is 11.8 Å². The fourth-order valence-corrected chi connectivity index (χ4v) is 3.01. The predicted molar refractivity (Wildman–Crippen MR) is 104 cm³/mol. The molecule has 0 saturated carbocycles. The zero-order chi connectivity index (χ0) is 18.7. The summed E-state index contributed by atoms with van der Waals surface area (Å²) in [5.41, 5.74) is 1.20. The van der Waals surface area contributed by atoms with Gasteiger partial charge in [-0.25, -0.2) is 8.42 Å². The smallest absolute Gasteiger partial charge is 0.191 e. The molecule has 0 amide bonds. The van der Waals surface area contributed by atoms with Gasteiger partial charge in [0, 0.05) is 25.9 Å². The molecule has 1 aromatic carbocycles. The van der Waals surface area contributed by atoms with Crippen LogP contribution >= 0.6 is 0 Å². The van der Waals surface area contributed by atoms with E-state index in [0.29, 0.717) is 12.4 Å². The fraction of sp³-hybridized carbons (Fsp3) is 0.611. The topological polar surface area (TPSA) is 79.8 Å². The Morgan fingerprint density at radius 2 is 2.12 bits per heavy atom. The zero-order valence-corrected chi connectivity index (χ0v) is 16.5. The Labute approximate surface area is 152 Å². The summed E-state index contributed by atoms with van der Waals surface area (Å²) in [6, 6.07) is 8.14. The Balaban J connectivity index is 2.40. The number of ether oxygens (including phenoxy) is 1. The summed E-state index contributed by atoms with van der Waals surface area (Å²) in [6.45, 7) is 5.50. The number of hydrogen-bond acceptors (Lipinski definition) is 4. The molecule has 2 N–H and O–H groups in total. The van der Waals surface area contributed by atoms with E-state index in [1.165, 1.54) is 11.8 Å². The minimum Gasteiger partial charge on any atom is -0.494 e. The lowest BCUT2D eigenvalue weighted by Crippen LogP contribution is -2.43. The second kappa shape index (κ2) is 11.0. The van der Waals surface area contributed by atoms with Crippen LogP contribution in [0.25, 0.3) is 0 Å². The lowest BCUT2D eigenvalue weighted by molar-refractivity contribution is 0.317. The molecule has 0 aliphatic carbocycles. The van der Waals surface area contributed by atoms with Gasteiger partial charge in [-0.3, -0.25) is 4.99 Å². The van der Waals surface area contributed by atoms with E-state index in [1.807, 2.05) is 19.1 Å². The van der Waals surface area contributed by atoms with E-state index in [1.54, 1.807) is 7.05 Å². The molecule has 0 fully saturated rings. The number of benzene rings is 1. The van der Waals surface area contributed by atoms with Crippen molar-refractivity contribution in [1.82, 2.24) is 10.6 Å². The first-order valence-electron chi connectivity index (χ1n) is 8.70. The van der Waals surface area contributed by atoms with Crippen LogP contribution in [0, 0.1) is 0 Å². The Morgan fingerprint density at radius 3 is 2.76 bits per heavy atom. The predicted octanol–water partition coefficient (Wildman–Crippen LogP) is 2.01. The maximum absolute atomic E-state index is 11.2. The van der Waals surface area contributed by atoms with E-state index in [0.717, 1.165) is 31.7 Å². The maximum atomic E-state index is 11.2. The summed E-state index contributed by atoms with van der Waals surface area (Å²) in [7, 11) is -1.23. The second-order valence-corrected chi connectivity index (χ2v) is 8.47. The maximum Gasteiger partial charge on any atom is 0.191 e. The molecule has 0 radical (unpaired) electrons. The molecule has 0 saturated heterocycles. The standard InChI is InChI=1S/C18H31N3O3S/c1-5-12-24-17-8-6-7-16(14-17)9-11-20-18(19-3)21-15(2)10-13-25(4,22)23/h6-8,14-15H,5,9-13H2,1-4H3,(H2,19,20,21). The van der Waals surface area contributed by atoms with Crippen LogP contribution in [0.15, 0.2) is 29.3 Å². The summed E-state index contributed by atoms with van der Waals surface area (Å²) >= 11 is 0. The van der Waals surface area contributed by atoms with Gasteiger partial charge in [-0.15, -0.1) is 0 Å². The van der Waals surface area contributed by atoms with Crippen molar-refractivity contribution in [1.29, 1.82) is 0 Å². The minimum atomic E-state index is -2.94. The molecule has 1 atom stereocenters.